The highest BCUT2D eigenvalue weighted by Gasteiger charge is 2.17. The molecular weight excluding hydrogens is 267 g/mol. The van der Waals surface area contributed by atoms with Crippen molar-refractivity contribution in [3.05, 3.63) is 64.0 Å². The van der Waals surface area contributed by atoms with Crippen LogP contribution in [0.15, 0.2) is 52.3 Å². The van der Waals surface area contributed by atoms with Crippen molar-refractivity contribution in [3.63, 3.8) is 0 Å². The summed E-state index contributed by atoms with van der Waals surface area (Å²) in [6.07, 6.45) is 0. The van der Waals surface area contributed by atoms with Gasteiger partial charge in [0.1, 0.15) is 17.4 Å². The van der Waals surface area contributed by atoms with Gasteiger partial charge in [-0.2, -0.15) is 5.26 Å². The molecule has 2 rings (SSSR count). The summed E-state index contributed by atoms with van der Waals surface area (Å²) in [6.45, 7) is 0. The molecule has 0 heterocycles. The zero-order valence-electron chi connectivity index (χ0n) is 9.54. The molecule has 0 amide bonds. The van der Waals surface area contributed by atoms with Crippen molar-refractivity contribution >= 4 is 17.4 Å². The Bertz CT molecular complexity index is 665. The lowest BCUT2D eigenvalue weighted by Gasteiger charge is -2.04. The average molecular weight is 274 g/mol. The van der Waals surface area contributed by atoms with Gasteiger partial charge < -0.3 is 0 Å². The predicted molar refractivity (Wildman–Crippen MR) is 68.3 cm³/mol. The molecule has 0 saturated heterocycles. The fraction of sp³-hybridized carbons (Fsp3) is 0. The van der Waals surface area contributed by atoms with Gasteiger partial charge in [-0.1, -0.05) is 17.8 Å². The van der Waals surface area contributed by atoms with E-state index in [0.29, 0.717) is 9.79 Å². The number of nitrogens with zero attached hydrogens (tertiary/aromatic N) is 2. The fourth-order valence-corrected chi connectivity index (χ4v) is 2.42. The number of benzene rings is 2. The quantitative estimate of drug-likeness (QED) is 0.631. The van der Waals surface area contributed by atoms with Crippen LogP contribution in [0.1, 0.15) is 5.56 Å². The highest BCUT2D eigenvalue weighted by atomic mass is 32.2. The summed E-state index contributed by atoms with van der Waals surface area (Å²) in [5, 5.41) is 19.9. The van der Waals surface area contributed by atoms with Gasteiger partial charge in [0.15, 0.2) is 0 Å². The van der Waals surface area contributed by atoms with Crippen LogP contribution in [0.2, 0.25) is 0 Å². The molecule has 0 aliphatic carbocycles. The number of hydrogen-bond acceptors (Lipinski definition) is 4. The minimum absolute atomic E-state index is 0.0156. The van der Waals surface area contributed by atoms with E-state index in [1.54, 1.807) is 18.2 Å². The highest BCUT2D eigenvalue weighted by Crippen LogP contribution is 2.34. The van der Waals surface area contributed by atoms with E-state index < -0.39 is 4.92 Å². The maximum atomic E-state index is 12.8. The van der Waals surface area contributed by atoms with Crippen LogP contribution in [0.3, 0.4) is 0 Å². The Hall–Kier alpha value is -2.39. The van der Waals surface area contributed by atoms with Crippen LogP contribution < -0.4 is 0 Å². The Kier molecular flexibility index (Phi) is 3.78. The van der Waals surface area contributed by atoms with E-state index in [-0.39, 0.29) is 17.1 Å². The largest absolute Gasteiger partial charge is 0.288 e. The standard InChI is InChI=1S/C13H7FN2O2S/c14-9-4-6-10(7-5-9)19-13-3-1-2-12(16(17)18)11(13)8-15/h1-7H. The van der Waals surface area contributed by atoms with Crippen molar-refractivity contribution in [1.29, 1.82) is 5.26 Å². The molecule has 0 aromatic heterocycles. The van der Waals surface area contributed by atoms with Crippen molar-refractivity contribution in [2.45, 2.75) is 9.79 Å². The summed E-state index contributed by atoms with van der Waals surface area (Å²) in [4.78, 5) is 11.4. The van der Waals surface area contributed by atoms with Gasteiger partial charge in [0.2, 0.25) is 0 Å². The number of nitro benzene ring substituents is 1. The molecule has 0 unspecified atom stereocenters. The normalized spacial score (nSPS) is 9.89. The SMILES string of the molecule is N#Cc1c(Sc2ccc(F)cc2)cccc1[N+](=O)[O-]. The Morgan fingerprint density at radius 1 is 1.21 bits per heavy atom. The van der Waals surface area contributed by atoms with Crippen LogP contribution in [0, 0.1) is 27.3 Å². The lowest BCUT2D eigenvalue weighted by Crippen LogP contribution is -1.93. The van der Waals surface area contributed by atoms with E-state index in [9.17, 15) is 14.5 Å². The highest BCUT2D eigenvalue weighted by molar-refractivity contribution is 7.99. The van der Waals surface area contributed by atoms with E-state index in [1.165, 1.54) is 36.0 Å². The summed E-state index contributed by atoms with van der Waals surface area (Å²) in [5.74, 6) is -0.358. The molecular formula is C13H7FN2O2S. The molecule has 6 heteroatoms. The van der Waals surface area contributed by atoms with E-state index in [2.05, 4.69) is 0 Å². The third-order valence-corrected chi connectivity index (χ3v) is 3.42. The Morgan fingerprint density at radius 2 is 1.89 bits per heavy atom. The second-order valence-corrected chi connectivity index (χ2v) is 4.69. The third-order valence-electron chi connectivity index (χ3n) is 2.35. The molecule has 0 fully saturated rings. The zero-order chi connectivity index (χ0) is 13.8. The molecule has 94 valence electrons. The first-order chi connectivity index (χ1) is 9.11. The predicted octanol–water partition coefficient (Wildman–Crippen LogP) is 3.76. The zero-order valence-corrected chi connectivity index (χ0v) is 10.4. The summed E-state index contributed by atoms with van der Waals surface area (Å²) >= 11 is 1.19. The van der Waals surface area contributed by atoms with Gasteiger partial charge in [0.05, 0.1) is 4.92 Å². The molecule has 0 aliphatic rings. The van der Waals surface area contributed by atoms with Crippen molar-refractivity contribution in [2.75, 3.05) is 0 Å². The minimum Gasteiger partial charge on any atom is -0.258 e. The number of rotatable bonds is 3. The molecule has 2 aromatic carbocycles. The first-order valence-electron chi connectivity index (χ1n) is 5.22. The Labute approximate surface area is 112 Å². The molecule has 0 N–H and O–H groups in total. The maximum absolute atomic E-state index is 12.8. The van der Waals surface area contributed by atoms with Crippen molar-refractivity contribution in [2.24, 2.45) is 0 Å². The molecule has 0 aliphatic heterocycles. The van der Waals surface area contributed by atoms with Gasteiger partial charge in [-0.15, -0.1) is 0 Å². The van der Waals surface area contributed by atoms with Crippen LogP contribution in [-0.2, 0) is 0 Å². The molecule has 0 saturated carbocycles. The minimum atomic E-state index is -0.590. The molecule has 4 nitrogen and oxygen atoms in total. The van der Waals surface area contributed by atoms with Gasteiger partial charge in [-0.25, -0.2) is 4.39 Å². The van der Waals surface area contributed by atoms with Crippen molar-refractivity contribution in [3.8, 4) is 6.07 Å². The summed E-state index contributed by atoms with van der Waals surface area (Å²) < 4.78 is 12.8. The van der Waals surface area contributed by atoms with Crippen LogP contribution in [-0.4, -0.2) is 4.92 Å². The van der Waals surface area contributed by atoms with Gasteiger partial charge in [0.25, 0.3) is 5.69 Å². The van der Waals surface area contributed by atoms with Gasteiger partial charge >= 0.3 is 0 Å². The number of nitro groups is 1. The van der Waals surface area contributed by atoms with E-state index in [0.717, 1.165) is 0 Å². The van der Waals surface area contributed by atoms with Gasteiger partial charge in [-0.05, 0) is 30.3 Å². The van der Waals surface area contributed by atoms with Crippen LogP contribution in [0.4, 0.5) is 10.1 Å². The molecule has 0 atom stereocenters. The fourth-order valence-electron chi connectivity index (χ4n) is 1.50. The monoisotopic (exact) mass is 274 g/mol. The third kappa shape index (κ3) is 2.89. The topological polar surface area (TPSA) is 66.9 Å². The first kappa shape index (κ1) is 13.1. The smallest absolute Gasteiger partial charge is 0.258 e. The number of halogens is 1. The number of hydrogen-bond donors (Lipinski definition) is 0. The summed E-state index contributed by atoms with van der Waals surface area (Å²) in [6, 6.07) is 12.0. The van der Waals surface area contributed by atoms with Crippen LogP contribution >= 0.6 is 11.8 Å². The number of nitriles is 1. The molecule has 2 aromatic rings. The Morgan fingerprint density at radius 3 is 2.47 bits per heavy atom. The van der Waals surface area contributed by atoms with Gasteiger partial charge in [-0.3, -0.25) is 10.1 Å². The lowest BCUT2D eigenvalue weighted by molar-refractivity contribution is -0.385. The second kappa shape index (κ2) is 5.50. The Balaban J connectivity index is 2.40. The summed E-state index contributed by atoms with van der Waals surface area (Å²) in [7, 11) is 0. The average Bonchev–Trinajstić information content (AvgIpc) is 2.41. The maximum Gasteiger partial charge on any atom is 0.288 e. The van der Waals surface area contributed by atoms with Crippen molar-refractivity contribution < 1.29 is 9.31 Å². The molecule has 0 radical (unpaired) electrons. The molecule has 19 heavy (non-hydrogen) atoms. The lowest BCUT2D eigenvalue weighted by atomic mass is 10.2. The summed E-state index contributed by atoms with van der Waals surface area (Å²) in [5.41, 5.74) is -0.212. The van der Waals surface area contributed by atoms with Gasteiger partial charge in [0, 0.05) is 15.9 Å². The van der Waals surface area contributed by atoms with Crippen LogP contribution in [0.5, 0.6) is 0 Å². The van der Waals surface area contributed by atoms with Crippen molar-refractivity contribution in [1.82, 2.24) is 0 Å². The van der Waals surface area contributed by atoms with Crippen LogP contribution in [0.25, 0.3) is 0 Å². The van der Waals surface area contributed by atoms with E-state index in [4.69, 9.17) is 5.26 Å². The van der Waals surface area contributed by atoms with E-state index in [1.807, 2.05) is 6.07 Å². The second-order valence-electron chi connectivity index (χ2n) is 3.58. The molecule has 0 bridgehead atoms. The molecule has 0 spiro atoms. The first-order valence-corrected chi connectivity index (χ1v) is 6.04. The van der Waals surface area contributed by atoms with E-state index >= 15 is 0 Å².